The minimum Gasteiger partial charge on any atom is -0.333 e. The highest BCUT2D eigenvalue weighted by molar-refractivity contribution is 6.09. The molecule has 2 heterocycles. The molecule has 1 aromatic heterocycles. The predicted octanol–water partition coefficient (Wildman–Crippen LogP) is 12.5. The van der Waals surface area contributed by atoms with Gasteiger partial charge in [-0.3, -0.25) is 0 Å². The maximum Gasteiger partial charge on any atom is 0.0629 e. The molecule has 1 aliphatic carbocycles. The molecule has 8 aromatic rings. The van der Waals surface area contributed by atoms with Crippen LogP contribution in [-0.4, -0.2) is 10.6 Å². The maximum atomic E-state index is 2.56. The van der Waals surface area contributed by atoms with Gasteiger partial charge in [0, 0.05) is 33.8 Å². The van der Waals surface area contributed by atoms with E-state index in [1.807, 2.05) is 0 Å². The molecule has 0 fully saturated rings. The number of anilines is 2. The van der Waals surface area contributed by atoms with Crippen molar-refractivity contribution in [3.8, 4) is 39.1 Å². The van der Waals surface area contributed by atoms with Gasteiger partial charge in [0.05, 0.1) is 17.1 Å². The second-order valence-corrected chi connectivity index (χ2v) is 13.4. The Morgan fingerprint density at radius 3 is 1.54 bits per heavy atom. The normalized spacial score (nSPS) is 16.2. The number of allylic oxidation sites excluding steroid dienone is 2. The number of fused-ring (bicyclic) bond motifs is 6. The molecule has 0 spiro atoms. The van der Waals surface area contributed by atoms with Crippen LogP contribution in [0.5, 0.6) is 0 Å². The van der Waals surface area contributed by atoms with Crippen molar-refractivity contribution in [3.05, 3.63) is 200 Å². The van der Waals surface area contributed by atoms with Crippen molar-refractivity contribution in [1.82, 2.24) is 4.57 Å². The van der Waals surface area contributed by atoms with Crippen LogP contribution in [0, 0.1) is 0 Å². The van der Waals surface area contributed by atoms with Crippen LogP contribution in [0.15, 0.2) is 194 Å². The van der Waals surface area contributed by atoms with Crippen molar-refractivity contribution in [3.63, 3.8) is 0 Å². The van der Waals surface area contributed by atoms with E-state index < -0.39 is 0 Å². The van der Waals surface area contributed by atoms with Crippen molar-refractivity contribution in [2.75, 3.05) is 4.90 Å². The van der Waals surface area contributed by atoms with Gasteiger partial charge in [0.2, 0.25) is 0 Å². The lowest BCUT2D eigenvalue weighted by Gasteiger charge is -2.30. The average molecular weight is 639 g/mol. The van der Waals surface area contributed by atoms with Crippen LogP contribution in [-0.2, 0) is 0 Å². The van der Waals surface area contributed by atoms with Crippen molar-refractivity contribution < 1.29 is 0 Å². The first kappa shape index (κ1) is 28.6. The molecule has 2 atom stereocenters. The summed E-state index contributed by atoms with van der Waals surface area (Å²) in [6, 6.07) is 62.4. The summed E-state index contributed by atoms with van der Waals surface area (Å²) in [6.45, 7) is 0. The lowest BCUT2D eigenvalue weighted by atomic mass is 9.91. The van der Waals surface area contributed by atoms with E-state index in [0.29, 0.717) is 5.92 Å². The number of hydrogen-bond acceptors (Lipinski definition) is 1. The predicted molar refractivity (Wildman–Crippen MR) is 210 cm³/mol. The summed E-state index contributed by atoms with van der Waals surface area (Å²) in [6.07, 6.45) is 9.12. The Balaban J connectivity index is 1.26. The highest BCUT2D eigenvalue weighted by Gasteiger charge is 2.37. The first-order valence-corrected chi connectivity index (χ1v) is 17.4. The van der Waals surface area contributed by atoms with E-state index >= 15 is 0 Å². The second-order valence-electron chi connectivity index (χ2n) is 13.4. The Labute approximate surface area is 292 Å². The van der Waals surface area contributed by atoms with Crippen LogP contribution < -0.4 is 4.90 Å². The van der Waals surface area contributed by atoms with E-state index in [-0.39, 0.29) is 6.04 Å². The molecule has 0 N–H and O–H groups in total. The minimum atomic E-state index is 0.203. The third-order valence-corrected chi connectivity index (χ3v) is 10.5. The minimum absolute atomic E-state index is 0.203. The molecule has 0 saturated carbocycles. The van der Waals surface area contributed by atoms with E-state index in [4.69, 9.17) is 0 Å². The van der Waals surface area contributed by atoms with E-state index in [9.17, 15) is 0 Å². The van der Waals surface area contributed by atoms with Gasteiger partial charge in [0.15, 0.2) is 0 Å². The number of nitrogens with zero attached hydrogens (tertiary/aromatic N) is 2. The number of benzene rings is 7. The average Bonchev–Trinajstić information content (AvgIpc) is 3.71. The van der Waals surface area contributed by atoms with Gasteiger partial charge >= 0.3 is 0 Å². The number of hydrogen-bond donors (Lipinski definition) is 0. The van der Waals surface area contributed by atoms with Gasteiger partial charge in [-0.2, -0.15) is 0 Å². The smallest absolute Gasteiger partial charge is 0.0629 e. The zero-order chi connectivity index (χ0) is 33.0. The van der Waals surface area contributed by atoms with E-state index in [0.717, 1.165) is 5.69 Å². The fourth-order valence-corrected chi connectivity index (χ4v) is 8.21. The van der Waals surface area contributed by atoms with E-state index in [2.05, 4.69) is 204 Å². The molecule has 0 radical (unpaired) electrons. The van der Waals surface area contributed by atoms with Crippen LogP contribution in [0.3, 0.4) is 0 Å². The van der Waals surface area contributed by atoms with Crippen LogP contribution in [0.1, 0.15) is 11.5 Å². The highest BCUT2D eigenvalue weighted by Crippen LogP contribution is 2.49. The number of para-hydroxylation sites is 3. The van der Waals surface area contributed by atoms with Crippen molar-refractivity contribution in [1.29, 1.82) is 0 Å². The Hall–Kier alpha value is -6.38. The van der Waals surface area contributed by atoms with Gasteiger partial charge in [-0.1, -0.05) is 140 Å². The lowest BCUT2D eigenvalue weighted by Crippen LogP contribution is -2.28. The molecule has 50 heavy (non-hydrogen) atoms. The Bertz CT molecular complexity index is 2500. The number of aromatic nitrogens is 1. The fourth-order valence-electron chi connectivity index (χ4n) is 8.21. The topological polar surface area (TPSA) is 8.17 Å². The molecule has 2 unspecified atom stereocenters. The van der Waals surface area contributed by atoms with Crippen LogP contribution >= 0.6 is 0 Å². The fraction of sp³-hybridized carbons (Fsp3) is 0.0417. The molecular formula is C48H34N2. The first-order chi connectivity index (χ1) is 24.8. The maximum absolute atomic E-state index is 2.56. The van der Waals surface area contributed by atoms with Gasteiger partial charge < -0.3 is 9.47 Å². The Kier molecular flexibility index (Phi) is 6.67. The molecule has 2 aliphatic rings. The monoisotopic (exact) mass is 638 g/mol. The van der Waals surface area contributed by atoms with Crippen LogP contribution in [0.2, 0.25) is 0 Å². The summed E-state index contributed by atoms with van der Waals surface area (Å²) < 4.78 is 2.45. The summed E-state index contributed by atoms with van der Waals surface area (Å²) in [7, 11) is 0. The van der Waals surface area contributed by atoms with Crippen molar-refractivity contribution in [2.45, 2.75) is 12.0 Å². The van der Waals surface area contributed by atoms with Crippen LogP contribution in [0.25, 0.3) is 60.9 Å². The first-order valence-electron chi connectivity index (χ1n) is 17.4. The molecule has 0 saturated heterocycles. The molecule has 2 heteroatoms. The van der Waals surface area contributed by atoms with Gasteiger partial charge in [-0.05, 0) is 93.5 Å². The van der Waals surface area contributed by atoms with Crippen molar-refractivity contribution in [2.24, 2.45) is 0 Å². The van der Waals surface area contributed by atoms with Gasteiger partial charge in [-0.15, -0.1) is 0 Å². The zero-order valence-corrected chi connectivity index (χ0v) is 27.5. The van der Waals surface area contributed by atoms with Gasteiger partial charge in [-0.25, -0.2) is 0 Å². The third-order valence-electron chi connectivity index (χ3n) is 10.5. The molecule has 2 nitrogen and oxygen atoms in total. The summed E-state index contributed by atoms with van der Waals surface area (Å²) >= 11 is 0. The third kappa shape index (κ3) is 4.64. The standard InChI is InChI=1S/C48H34N2/c1-3-15-33(16-4-1)35-27-36(34-17-5-2-6-18-34)29-37(28-35)38-30-39(49-45-23-11-7-19-41(45)42-20-8-12-24-46(42)49)32-40(31-38)50-47-25-13-9-21-43(47)44-22-10-14-26-48(44)50/h1-32,41,45H. The largest absolute Gasteiger partial charge is 0.333 e. The van der Waals surface area contributed by atoms with Gasteiger partial charge in [0.25, 0.3) is 0 Å². The Morgan fingerprint density at radius 1 is 0.380 bits per heavy atom. The Morgan fingerprint density at radius 2 is 0.880 bits per heavy atom. The highest BCUT2D eigenvalue weighted by atomic mass is 15.2. The second kappa shape index (κ2) is 11.6. The zero-order valence-electron chi connectivity index (χ0n) is 27.5. The number of rotatable bonds is 5. The molecule has 7 aromatic carbocycles. The summed E-state index contributed by atoms with van der Waals surface area (Å²) in [5.41, 5.74) is 14.6. The van der Waals surface area contributed by atoms with E-state index in [1.54, 1.807) is 0 Å². The van der Waals surface area contributed by atoms with Crippen LogP contribution in [0.4, 0.5) is 11.4 Å². The molecule has 0 bridgehead atoms. The summed E-state index contributed by atoms with van der Waals surface area (Å²) in [4.78, 5) is 2.56. The van der Waals surface area contributed by atoms with E-state index in [1.165, 1.54) is 72.1 Å². The molecule has 10 rings (SSSR count). The molecule has 1 aliphatic heterocycles. The molecule has 0 amide bonds. The SMILES string of the molecule is C1=CC2c3ccccc3N(c3cc(-c4cc(-c5ccccc5)cc(-c5ccccc5)c4)cc(-n4c5ccccc5c5ccccc54)c3)C2C=C1. The van der Waals surface area contributed by atoms with Crippen molar-refractivity contribution >= 4 is 33.2 Å². The molecular weight excluding hydrogens is 605 g/mol. The van der Waals surface area contributed by atoms with Gasteiger partial charge in [0.1, 0.15) is 0 Å². The lowest BCUT2D eigenvalue weighted by molar-refractivity contribution is 0.744. The molecule has 236 valence electrons. The summed E-state index contributed by atoms with van der Waals surface area (Å²) in [5, 5.41) is 2.53. The quantitative estimate of drug-likeness (QED) is 0.182. The summed E-state index contributed by atoms with van der Waals surface area (Å²) in [5.74, 6) is 0.308.